The quantitative estimate of drug-likeness (QED) is 0.680. The Morgan fingerprint density at radius 2 is 2.11 bits per heavy atom. The first-order valence-electron chi connectivity index (χ1n) is 6.35. The topological polar surface area (TPSA) is 29.0 Å². The molecule has 3 aromatic rings. The zero-order valence-corrected chi connectivity index (χ0v) is 12.2. The van der Waals surface area contributed by atoms with Crippen LogP contribution in [0.1, 0.15) is 23.4 Å². The zero-order chi connectivity index (χ0) is 12.8. The van der Waals surface area contributed by atoms with Crippen LogP contribution in [0, 0.1) is 0 Å². The first kappa shape index (κ1) is 11.4. The predicted octanol–water partition coefficient (Wildman–Crippen LogP) is 3.88. The highest BCUT2D eigenvalue weighted by molar-refractivity contribution is 7.17. The Balaban J connectivity index is 1.83. The summed E-state index contributed by atoms with van der Waals surface area (Å²) >= 11 is 3.60. The maximum absolute atomic E-state index is 4.54. The summed E-state index contributed by atoms with van der Waals surface area (Å²) in [4.78, 5) is 12.8. The monoisotopic (exact) mass is 287 g/mol. The van der Waals surface area contributed by atoms with Crippen molar-refractivity contribution in [2.45, 2.75) is 19.4 Å². The summed E-state index contributed by atoms with van der Waals surface area (Å²) in [6.07, 6.45) is 2.80. The van der Waals surface area contributed by atoms with Crippen molar-refractivity contribution < 1.29 is 0 Å². The standard InChI is InChI=1S/C14H13N3S2/c1-9-10-3-6-18-12(10)2-5-17(9)14-13-11(4-7-19-13)15-8-16-14/h3-4,6-9H,2,5H2,1H3/t9-/m0/s1. The van der Waals surface area contributed by atoms with Crippen LogP contribution in [-0.2, 0) is 6.42 Å². The van der Waals surface area contributed by atoms with Crippen molar-refractivity contribution in [2.75, 3.05) is 11.4 Å². The maximum Gasteiger partial charge on any atom is 0.150 e. The fourth-order valence-electron chi connectivity index (χ4n) is 2.78. The molecule has 3 aromatic heterocycles. The van der Waals surface area contributed by atoms with Gasteiger partial charge in [0.1, 0.15) is 6.33 Å². The van der Waals surface area contributed by atoms with E-state index in [4.69, 9.17) is 0 Å². The average Bonchev–Trinajstić information content (AvgIpc) is 3.07. The van der Waals surface area contributed by atoms with Crippen LogP contribution in [0.2, 0.25) is 0 Å². The van der Waals surface area contributed by atoms with E-state index < -0.39 is 0 Å². The number of nitrogens with zero attached hydrogens (tertiary/aromatic N) is 3. The van der Waals surface area contributed by atoms with Gasteiger partial charge in [-0.05, 0) is 41.8 Å². The van der Waals surface area contributed by atoms with E-state index in [1.165, 1.54) is 15.1 Å². The van der Waals surface area contributed by atoms with Gasteiger partial charge < -0.3 is 4.90 Å². The van der Waals surface area contributed by atoms with Gasteiger partial charge in [-0.3, -0.25) is 0 Å². The van der Waals surface area contributed by atoms with Crippen LogP contribution < -0.4 is 4.90 Å². The Labute approximate surface area is 119 Å². The SMILES string of the molecule is C[C@H]1c2ccsc2CCN1c1ncnc2ccsc12. The van der Waals surface area contributed by atoms with Crippen LogP contribution in [0.15, 0.2) is 29.2 Å². The molecule has 0 radical (unpaired) electrons. The van der Waals surface area contributed by atoms with Crippen molar-refractivity contribution in [3.05, 3.63) is 39.7 Å². The largest absolute Gasteiger partial charge is 0.348 e. The molecule has 0 saturated carbocycles. The summed E-state index contributed by atoms with van der Waals surface area (Å²) in [6.45, 7) is 3.31. The lowest BCUT2D eigenvalue weighted by Gasteiger charge is -2.34. The molecular weight excluding hydrogens is 274 g/mol. The van der Waals surface area contributed by atoms with Crippen LogP contribution >= 0.6 is 22.7 Å². The van der Waals surface area contributed by atoms with Gasteiger partial charge in [-0.15, -0.1) is 22.7 Å². The molecule has 0 unspecified atom stereocenters. The van der Waals surface area contributed by atoms with Gasteiger partial charge >= 0.3 is 0 Å². The average molecular weight is 287 g/mol. The van der Waals surface area contributed by atoms with Gasteiger partial charge in [-0.1, -0.05) is 0 Å². The van der Waals surface area contributed by atoms with Gasteiger partial charge in [0.2, 0.25) is 0 Å². The van der Waals surface area contributed by atoms with Crippen molar-refractivity contribution in [3.63, 3.8) is 0 Å². The Morgan fingerprint density at radius 1 is 1.21 bits per heavy atom. The highest BCUT2D eigenvalue weighted by Crippen LogP contribution is 2.38. The summed E-state index contributed by atoms with van der Waals surface area (Å²) in [5.41, 5.74) is 2.51. The molecule has 0 spiro atoms. The molecule has 0 bridgehead atoms. The van der Waals surface area contributed by atoms with Gasteiger partial charge in [0.15, 0.2) is 5.82 Å². The summed E-state index contributed by atoms with van der Waals surface area (Å²) in [5, 5.41) is 4.29. The summed E-state index contributed by atoms with van der Waals surface area (Å²) in [7, 11) is 0. The molecule has 0 N–H and O–H groups in total. The second kappa shape index (κ2) is 4.28. The first-order valence-corrected chi connectivity index (χ1v) is 8.11. The van der Waals surface area contributed by atoms with Crippen LogP contribution in [0.25, 0.3) is 10.2 Å². The lowest BCUT2D eigenvalue weighted by Crippen LogP contribution is -2.33. The van der Waals surface area contributed by atoms with Gasteiger partial charge in [0.25, 0.3) is 0 Å². The minimum atomic E-state index is 0.398. The normalized spacial score (nSPS) is 18.8. The minimum Gasteiger partial charge on any atom is -0.348 e. The molecule has 0 saturated heterocycles. The number of anilines is 1. The minimum absolute atomic E-state index is 0.398. The second-order valence-corrected chi connectivity index (χ2v) is 6.67. The van der Waals surface area contributed by atoms with Crippen molar-refractivity contribution in [3.8, 4) is 0 Å². The van der Waals surface area contributed by atoms with E-state index in [1.807, 2.05) is 11.3 Å². The van der Waals surface area contributed by atoms with Crippen LogP contribution in [-0.4, -0.2) is 16.5 Å². The van der Waals surface area contributed by atoms with Crippen LogP contribution in [0.3, 0.4) is 0 Å². The third kappa shape index (κ3) is 1.69. The Morgan fingerprint density at radius 3 is 3.05 bits per heavy atom. The molecular formula is C14H13N3S2. The zero-order valence-electron chi connectivity index (χ0n) is 10.5. The van der Waals surface area contributed by atoms with E-state index in [2.05, 4.69) is 44.7 Å². The Hall–Kier alpha value is -1.46. The molecule has 1 aliphatic rings. The number of hydrogen-bond acceptors (Lipinski definition) is 5. The van der Waals surface area contributed by atoms with Gasteiger partial charge in [-0.25, -0.2) is 9.97 Å². The second-order valence-electron chi connectivity index (χ2n) is 4.75. The fraction of sp³-hybridized carbons (Fsp3) is 0.286. The van der Waals surface area contributed by atoms with E-state index in [-0.39, 0.29) is 0 Å². The van der Waals surface area contributed by atoms with E-state index in [1.54, 1.807) is 17.7 Å². The molecule has 3 nitrogen and oxygen atoms in total. The molecule has 1 atom stereocenters. The lowest BCUT2D eigenvalue weighted by atomic mass is 10.0. The van der Waals surface area contributed by atoms with E-state index in [0.29, 0.717) is 6.04 Å². The van der Waals surface area contributed by atoms with Gasteiger partial charge in [0, 0.05) is 11.4 Å². The van der Waals surface area contributed by atoms with Crippen molar-refractivity contribution in [1.82, 2.24) is 9.97 Å². The van der Waals surface area contributed by atoms with Gasteiger partial charge in [0.05, 0.1) is 16.3 Å². The summed E-state index contributed by atoms with van der Waals surface area (Å²) < 4.78 is 1.20. The summed E-state index contributed by atoms with van der Waals surface area (Å²) in [6, 6.07) is 4.72. The third-order valence-corrected chi connectivity index (χ3v) is 5.67. The molecule has 1 aliphatic heterocycles. The lowest BCUT2D eigenvalue weighted by molar-refractivity contribution is 0.627. The molecule has 0 aromatic carbocycles. The number of rotatable bonds is 1. The van der Waals surface area contributed by atoms with Crippen molar-refractivity contribution in [2.24, 2.45) is 0 Å². The molecule has 0 fully saturated rings. The van der Waals surface area contributed by atoms with Crippen molar-refractivity contribution in [1.29, 1.82) is 0 Å². The molecule has 5 heteroatoms. The van der Waals surface area contributed by atoms with E-state index >= 15 is 0 Å². The molecule has 4 heterocycles. The van der Waals surface area contributed by atoms with E-state index in [0.717, 1.165) is 24.3 Å². The smallest absolute Gasteiger partial charge is 0.150 e. The first-order chi connectivity index (χ1) is 9.34. The number of thiophene rings is 2. The predicted molar refractivity (Wildman–Crippen MR) is 81.2 cm³/mol. The highest BCUT2D eigenvalue weighted by atomic mass is 32.1. The molecule has 4 rings (SSSR count). The molecule has 19 heavy (non-hydrogen) atoms. The summed E-state index contributed by atoms with van der Waals surface area (Å²) in [5.74, 6) is 1.09. The molecule has 0 aliphatic carbocycles. The molecule has 96 valence electrons. The highest BCUT2D eigenvalue weighted by Gasteiger charge is 2.27. The molecule has 0 amide bonds. The third-order valence-electron chi connectivity index (χ3n) is 3.77. The Bertz CT molecular complexity index is 731. The van der Waals surface area contributed by atoms with Crippen LogP contribution in [0.5, 0.6) is 0 Å². The maximum atomic E-state index is 4.54. The number of hydrogen-bond donors (Lipinski definition) is 0. The van der Waals surface area contributed by atoms with Crippen LogP contribution in [0.4, 0.5) is 5.82 Å². The van der Waals surface area contributed by atoms with Crippen molar-refractivity contribution >= 4 is 38.7 Å². The fourth-order valence-corrected chi connectivity index (χ4v) is 4.59. The van der Waals surface area contributed by atoms with Gasteiger partial charge in [-0.2, -0.15) is 0 Å². The number of fused-ring (bicyclic) bond motifs is 2. The van der Waals surface area contributed by atoms with E-state index in [9.17, 15) is 0 Å². The Kier molecular flexibility index (Phi) is 2.56. The number of aromatic nitrogens is 2.